The SMILES string of the molecule is COC(=O)c1ccc2ccn(CC(=O)Nc3ccc(C)c(C)c3)c2c1. The van der Waals surface area contributed by atoms with E-state index in [9.17, 15) is 9.59 Å². The number of nitrogens with one attached hydrogen (secondary N) is 1. The zero-order valence-corrected chi connectivity index (χ0v) is 14.5. The number of hydrogen-bond acceptors (Lipinski definition) is 3. The Bertz CT molecular complexity index is 957. The van der Waals surface area contributed by atoms with Gasteiger partial charge in [0.05, 0.1) is 12.7 Å². The number of amides is 1. The van der Waals surface area contributed by atoms with Crippen LogP contribution in [0.4, 0.5) is 5.69 Å². The molecule has 0 aliphatic carbocycles. The van der Waals surface area contributed by atoms with Crippen molar-refractivity contribution in [3.05, 3.63) is 65.4 Å². The highest BCUT2D eigenvalue weighted by molar-refractivity contribution is 5.96. The van der Waals surface area contributed by atoms with Crippen molar-refractivity contribution in [3.8, 4) is 0 Å². The lowest BCUT2D eigenvalue weighted by Gasteiger charge is -2.09. The van der Waals surface area contributed by atoms with Crippen LogP contribution in [0.1, 0.15) is 21.5 Å². The number of fused-ring (bicyclic) bond motifs is 1. The highest BCUT2D eigenvalue weighted by Crippen LogP contribution is 2.19. The second-order valence-electron chi connectivity index (χ2n) is 6.06. The zero-order chi connectivity index (χ0) is 18.0. The first-order valence-electron chi connectivity index (χ1n) is 8.02. The number of methoxy groups -OCH3 is 1. The first kappa shape index (κ1) is 16.8. The highest BCUT2D eigenvalue weighted by Gasteiger charge is 2.11. The Morgan fingerprint density at radius 3 is 2.56 bits per heavy atom. The summed E-state index contributed by atoms with van der Waals surface area (Å²) in [7, 11) is 1.35. The van der Waals surface area contributed by atoms with E-state index < -0.39 is 5.97 Å². The number of hydrogen-bond donors (Lipinski definition) is 1. The van der Waals surface area contributed by atoms with E-state index in [1.165, 1.54) is 12.7 Å². The number of carbonyl (C=O) groups is 2. The average molecular weight is 336 g/mol. The van der Waals surface area contributed by atoms with Crippen molar-refractivity contribution in [1.82, 2.24) is 4.57 Å². The van der Waals surface area contributed by atoms with Crippen LogP contribution in [0.5, 0.6) is 0 Å². The molecule has 0 bridgehead atoms. The summed E-state index contributed by atoms with van der Waals surface area (Å²) in [6.45, 7) is 4.21. The van der Waals surface area contributed by atoms with Crippen LogP contribution in [0.3, 0.4) is 0 Å². The molecule has 128 valence electrons. The third-order valence-corrected chi connectivity index (χ3v) is 4.30. The molecule has 5 nitrogen and oxygen atoms in total. The first-order valence-corrected chi connectivity index (χ1v) is 8.02. The maximum Gasteiger partial charge on any atom is 0.337 e. The van der Waals surface area contributed by atoms with E-state index in [2.05, 4.69) is 5.32 Å². The Morgan fingerprint density at radius 1 is 1.04 bits per heavy atom. The molecule has 5 heteroatoms. The fourth-order valence-electron chi connectivity index (χ4n) is 2.74. The molecular weight excluding hydrogens is 316 g/mol. The number of carbonyl (C=O) groups excluding carboxylic acids is 2. The number of nitrogens with zero attached hydrogens (tertiary/aromatic N) is 1. The summed E-state index contributed by atoms with van der Waals surface area (Å²) in [6.07, 6.45) is 1.84. The standard InChI is InChI=1S/C20H20N2O3/c1-13-4-7-17(10-14(13)2)21-19(23)12-22-9-8-15-5-6-16(11-18(15)22)20(24)25-3/h4-11H,12H2,1-3H3,(H,21,23). The van der Waals surface area contributed by atoms with Crippen molar-refractivity contribution in [2.24, 2.45) is 0 Å². The molecular formula is C20H20N2O3. The largest absolute Gasteiger partial charge is 0.465 e. The van der Waals surface area contributed by atoms with E-state index in [1.54, 1.807) is 12.1 Å². The van der Waals surface area contributed by atoms with Crippen LogP contribution < -0.4 is 5.32 Å². The number of aryl methyl sites for hydroxylation is 2. The summed E-state index contributed by atoms with van der Waals surface area (Å²) >= 11 is 0. The Balaban J connectivity index is 1.80. The average Bonchev–Trinajstić information content (AvgIpc) is 2.99. The van der Waals surface area contributed by atoms with Gasteiger partial charge in [-0.05, 0) is 60.7 Å². The van der Waals surface area contributed by atoms with Crippen LogP contribution in [-0.4, -0.2) is 23.6 Å². The third kappa shape index (κ3) is 3.55. The van der Waals surface area contributed by atoms with E-state index in [0.29, 0.717) is 5.56 Å². The predicted molar refractivity (Wildman–Crippen MR) is 97.8 cm³/mol. The molecule has 0 radical (unpaired) electrons. The van der Waals surface area contributed by atoms with Crippen LogP contribution in [0.2, 0.25) is 0 Å². The molecule has 3 aromatic rings. The molecule has 0 fully saturated rings. The van der Waals surface area contributed by atoms with Gasteiger partial charge in [-0.2, -0.15) is 0 Å². The zero-order valence-electron chi connectivity index (χ0n) is 14.5. The molecule has 0 atom stereocenters. The normalized spacial score (nSPS) is 10.7. The van der Waals surface area contributed by atoms with Gasteiger partial charge < -0.3 is 14.6 Å². The van der Waals surface area contributed by atoms with Crippen molar-refractivity contribution in [1.29, 1.82) is 0 Å². The van der Waals surface area contributed by atoms with Gasteiger partial charge in [0, 0.05) is 17.4 Å². The molecule has 1 N–H and O–H groups in total. The molecule has 1 heterocycles. The molecule has 0 spiro atoms. The van der Waals surface area contributed by atoms with Gasteiger partial charge in [0.15, 0.2) is 0 Å². The maximum atomic E-state index is 12.4. The number of anilines is 1. The van der Waals surface area contributed by atoms with Crippen LogP contribution >= 0.6 is 0 Å². The summed E-state index contributed by atoms with van der Waals surface area (Å²) in [4.78, 5) is 24.1. The summed E-state index contributed by atoms with van der Waals surface area (Å²) < 4.78 is 6.57. The molecule has 1 aromatic heterocycles. The summed E-state index contributed by atoms with van der Waals surface area (Å²) in [6, 6.07) is 13.1. The maximum absolute atomic E-state index is 12.4. The summed E-state index contributed by atoms with van der Waals surface area (Å²) in [5.41, 5.74) is 4.37. The number of benzene rings is 2. The number of rotatable bonds is 4. The summed E-state index contributed by atoms with van der Waals surface area (Å²) in [5, 5.41) is 3.87. The minimum absolute atomic E-state index is 0.121. The van der Waals surface area contributed by atoms with E-state index >= 15 is 0 Å². The monoisotopic (exact) mass is 336 g/mol. The molecule has 3 rings (SSSR count). The van der Waals surface area contributed by atoms with Gasteiger partial charge in [0.25, 0.3) is 0 Å². The van der Waals surface area contributed by atoms with Gasteiger partial charge in [-0.15, -0.1) is 0 Å². The number of ether oxygens (including phenoxy) is 1. The molecule has 0 aliphatic heterocycles. The molecule has 0 unspecified atom stereocenters. The second-order valence-corrected chi connectivity index (χ2v) is 6.06. The lowest BCUT2D eigenvalue weighted by atomic mass is 10.1. The van der Waals surface area contributed by atoms with Crippen molar-refractivity contribution in [3.63, 3.8) is 0 Å². The van der Waals surface area contributed by atoms with Gasteiger partial charge in [0.2, 0.25) is 5.91 Å². The Labute approximate surface area is 146 Å². The molecule has 0 saturated heterocycles. The van der Waals surface area contributed by atoms with E-state index in [1.807, 2.05) is 54.9 Å². The molecule has 0 saturated carbocycles. The minimum Gasteiger partial charge on any atom is -0.465 e. The predicted octanol–water partition coefficient (Wildman–Crippen LogP) is 3.68. The van der Waals surface area contributed by atoms with Crippen molar-refractivity contribution in [2.45, 2.75) is 20.4 Å². The molecule has 2 aromatic carbocycles. The van der Waals surface area contributed by atoms with Gasteiger partial charge in [0.1, 0.15) is 6.54 Å². The smallest absolute Gasteiger partial charge is 0.337 e. The Kier molecular flexibility index (Phi) is 4.57. The number of aromatic nitrogens is 1. The van der Waals surface area contributed by atoms with Gasteiger partial charge in [-0.3, -0.25) is 4.79 Å². The van der Waals surface area contributed by atoms with Crippen LogP contribution in [0.15, 0.2) is 48.7 Å². The van der Waals surface area contributed by atoms with Gasteiger partial charge in [-0.1, -0.05) is 12.1 Å². The fourth-order valence-corrected chi connectivity index (χ4v) is 2.74. The second kappa shape index (κ2) is 6.81. The van der Waals surface area contributed by atoms with Crippen molar-refractivity contribution >= 4 is 28.5 Å². The fraction of sp³-hybridized carbons (Fsp3) is 0.200. The van der Waals surface area contributed by atoms with Crippen LogP contribution in [0, 0.1) is 13.8 Å². The van der Waals surface area contributed by atoms with Crippen molar-refractivity contribution < 1.29 is 14.3 Å². The molecule has 25 heavy (non-hydrogen) atoms. The quantitative estimate of drug-likeness (QED) is 0.739. The van der Waals surface area contributed by atoms with Gasteiger partial charge >= 0.3 is 5.97 Å². The third-order valence-electron chi connectivity index (χ3n) is 4.30. The lowest BCUT2D eigenvalue weighted by molar-refractivity contribution is -0.116. The van der Waals surface area contributed by atoms with E-state index in [4.69, 9.17) is 4.74 Å². The van der Waals surface area contributed by atoms with Crippen molar-refractivity contribution in [2.75, 3.05) is 12.4 Å². The number of esters is 1. The highest BCUT2D eigenvalue weighted by atomic mass is 16.5. The van der Waals surface area contributed by atoms with E-state index in [0.717, 1.165) is 22.2 Å². The Morgan fingerprint density at radius 2 is 1.84 bits per heavy atom. The van der Waals surface area contributed by atoms with Crippen LogP contribution in [0.25, 0.3) is 10.9 Å². The van der Waals surface area contributed by atoms with Crippen LogP contribution in [-0.2, 0) is 16.1 Å². The molecule has 0 aliphatic rings. The van der Waals surface area contributed by atoms with E-state index in [-0.39, 0.29) is 12.5 Å². The lowest BCUT2D eigenvalue weighted by Crippen LogP contribution is -2.18. The summed E-state index contributed by atoms with van der Waals surface area (Å²) in [5.74, 6) is -0.515. The first-order chi connectivity index (χ1) is 12.0. The Hall–Kier alpha value is -3.08. The minimum atomic E-state index is -0.394. The molecule has 1 amide bonds. The topological polar surface area (TPSA) is 60.3 Å². The van der Waals surface area contributed by atoms with Gasteiger partial charge in [-0.25, -0.2) is 4.79 Å².